The molecule has 0 N–H and O–H groups in total. The number of ether oxygens (including phenoxy) is 1. The SMILES string of the molecule is CC(C)SCC(=O)N1C[C@H]2COC[C@@H]1CN(Cc1cncnc1)C2. The summed E-state index contributed by atoms with van der Waals surface area (Å²) in [7, 11) is 0. The molecule has 132 valence electrons. The molecule has 2 saturated heterocycles. The molecule has 0 spiro atoms. The van der Waals surface area contributed by atoms with Crippen LogP contribution in [0.25, 0.3) is 0 Å². The molecule has 2 atom stereocenters. The third kappa shape index (κ3) is 4.68. The predicted molar refractivity (Wildman–Crippen MR) is 94.7 cm³/mol. The highest BCUT2D eigenvalue weighted by molar-refractivity contribution is 8.00. The van der Waals surface area contributed by atoms with E-state index in [-0.39, 0.29) is 11.9 Å². The molecule has 2 aliphatic rings. The van der Waals surface area contributed by atoms with Gasteiger partial charge >= 0.3 is 0 Å². The van der Waals surface area contributed by atoms with E-state index in [1.807, 2.05) is 12.4 Å². The smallest absolute Gasteiger partial charge is 0.232 e. The van der Waals surface area contributed by atoms with E-state index in [9.17, 15) is 4.79 Å². The van der Waals surface area contributed by atoms with Crippen molar-refractivity contribution in [1.82, 2.24) is 19.8 Å². The minimum atomic E-state index is 0.141. The lowest BCUT2D eigenvalue weighted by atomic mass is 10.1. The number of aromatic nitrogens is 2. The highest BCUT2D eigenvalue weighted by Crippen LogP contribution is 2.22. The zero-order chi connectivity index (χ0) is 16.9. The average molecular weight is 350 g/mol. The van der Waals surface area contributed by atoms with Crippen molar-refractivity contribution in [3.63, 3.8) is 0 Å². The molecule has 0 unspecified atom stereocenters. The van der Waals surface area contributed by atoms with Crippen molar-refractivity contribution in [1.29, 1.82) is 0 Å². The van der Waals surface area contributed by atoms with Gasteiger partial charge in [0, 0.05) is 50.1 Å². The summed E-state index contributed by atoms with van der Waals surface area (Å²) in [4.78, 5) is 25.4. The highest BCUT2D eigenvalue weighted by Gasteiger charge is 2.35. The second kappa shape index (κ2) is 8.27. The standard InChI is InChI=1S/C17H26N4O2S/c1-13(2)24-11-17(22)21-7-15-6-20(8-16(21)10-23-9-15)5-14-3-18-12-19-4-14/h3-4,12-13,15-16H,5-11H2,1-2H3/t15-,16-/m0/s1. The van der Waals surface area contributed by atoms with Crippen LogP contribution in [-0.2, 0) is 16.1 Å². The third-order valence-corrected chi connectivity index (χ3v) is 5.51. The fraction of sp³-hybridized carbons (Fsp3) is 0.706. The molecule has 0 aliphatic carbocycles. The Balaban J connectivity index is 1.66. The lowest BCUT2D eigenvalue weighted by molar-refractivity contribution is -0.131. The zero-order valence-electron chi connectivity index (χ0n) is 14.4. The number of hydrogen-bond donors (Lipinski definition) is 0. The van der Waals surface area contributed by atoms with Crippen LogP contribution in [0.5, 0.6) is 0 Å². The number of carbonyl (C=O) groups excluding carboxylic acids is 1. The van der Waals surface area contributed by atoms with Gasteiger partial charge in [-0.3, -0.25) is 9.69 Å². The van der Waals surface area contributed by atoms with Gasteiger partial charge in [-0.15, -0.1) is 11.8 Å². The van der Waals surface area contributed by atoms with Crippen molar-refractivity contribution >= 4 is 17.7 Å². The van der Waals surface area contributed by atoms with Gasteiger partial charge in [-0.1, -0.05) is 13.8 Å². The van der Waals surface area contributed by atoms with Gasteiger partial charge in [0.15, 0.2) is 0 Å². The van der Waals surface area contributed by atoms with Crippen molar-refractivity contribution in [3.05, 3.63) is 24.3 Å². The Kier molecular flexibility index (Phi) is 6.08. The monoisotopic (exact) mass is 350 g/mol. The van der Waals surface area contributed by atoms with E-state index in [2.05, 4.69) is 33.6 Å². The van der Waals surface area contributed by atoms with E-state index < -0.39 is 0 Å². The lowest BCUT2D eigenvalue weighted by Crippen LogP contribution is -2.47. The lowest BCUT2D eigenvalue weighted by Gasteiger charge is -2.31. The van der Waals surface area contributed by atoms with Gasteiger partial charge in [0.1, 0.15) is 6.33 Å². The summed E-state index contributed by atoms with van der Waals surface area (Å²) in [5.74, 6) is 1.18. The van der Waals surface area contributed by atoms with Crippen LogP contribution in [0.15, 0.2) is 18.7 Å². The Morgan fingerprint density at radius 3 is 2.83 bits per heavy atom. The zero-order valence-corrected chi connectivity index (χ0v) is 15.2. The maximum absolute atomic E-state index is 12.7. The van der Waals surface area contributed by atoms with Gasteiger partial charge in [0.2, 0.25) is 5.91 Å². The number of fused-ring (bicyclic) bond motifs is 3. The molecule has 24 heavy (non-hydrogen) atoms. The van der Waals surface area contributed by atoms with Crippen LogP contribution in [0.1, 0.15) is 19.4 Å². The van der Waals surface area contributed by atoms with Crippen LogP contribution in [0.3, 0.4) is 0 Å². The molecule has 2 aliphatic heterocycles. The molecule has 1 aromatic rings. The van der Waals surface area contributed by atoms with Crippen molar-refractivity contribution in [3.8, 4) is 0 Å². The number of amides is 1. The maximum Gasteiger partial charge on any atom is 0.232 e. The molecular formula is C17H26N4O2S. The first-order valence-electron chi connectivity index (χ1n) is 8.57. The van der Waals surface area contributed by atoms with Gasteiger partial charge in [0.05, 0.1) is 25.0 Å². The van der Waals surface area contributed by atoms with Gasteiger partial charge in [-0.05, 0) is 5.25 Å². The molecule has 2 fully saturated rings. The number of hydrogen-bond acceptors (Lipinski definition) is 6. The van der Waals surface area contributed by atoms with Gasteiger partial charge in [-0.25, -0.2) is 9.97 Å². The molecule has 3 rings (SSSR count). The Morgan fingerprint density at radius 2 is 2.08 bits per heavy atom. The molecule has 3 heterocycles. The Bertz CT molecular complexity index is 543. The number of rotatable bonds is 5. The van der Waals surface area contributed by atoms with Crippen molar-refractivity contribution in [2.75, 3.05) is 38.6 Å². The van der Waals surface area contributed by atoms with E-state index >= 15 is 0 Å². The van der Waals surface area contributed by atoms with Crippen LogP contribution >= 0.6 is 11.8 Å². The average Bonchev–Trinajstić information content (AvgIpc) is 2.84. The van der Waals surface area contributed by atoms with Crippen LogP contribution in [0, 0.1) is 5.92 Å². The first-order valence-corrected chi connectivity index (χ1v) is 9.61. The Labute approximate surface area is 148 Å². The summed E-state index contributed by atoms with van der Waals surface area (Å²) < 4.78 is 5.81. The van der Waals surface area contributed by atoms with Crippen LogP contribution in [-0.4, -0.2) is 75.6 Å². The normalized spacial score (nSPS) is 24.9. The first kappa shape index (κ1) is 17.6. The summed E-state index contributed by atoms with van der Waals surface area (Å²) in [5, 5.41) is 0.478. The number of thioether (sulfide) groups is 1. The largest absolute Gasteiger partial charge is 0.379 e. The second-order valence-electron chi connectivity index (χ2n) is 6.90. The van der Waals surface area contributed by atoms with E-state index in [4.69, 9.17) is 4.74 Å². The Morgan fingerprint density at radius 1 is 1.29 bits per heavy atom. The molecular weight excluding hydrogens is 324 g/mol. The van der Waals surface area contributed by atoms with Gasteiger partial charge in [-0.2, -0.15) is 0 Å². The molecule has 2 bridgehead atoms. The molecule has 1 aromatic heterocycles. The summed E-state index contributed by atoms with van der Waals surface area (Å²) >= 11 is 1.72. The minimum Gasteiger partial charge on any atom is -0.379 e. The van der Waals surface area contributed by atoms with Crippen molar-refractivity contribution in [2.45, 2.75) is 31.7 Å². The molecule has 0 radical (unpaired) electrons. The Hall–Kier alpha value is -1.18. The maximum atomic E-state index is 12.7. The molecule has 1 amide bonds. The van der Waals surface area contributed by atoms with Crippen molar-refractivity contribution < 1.29 is 9.53 Å². The molecule has 0 aromatic carbocycles. The summed E-state index contributed by atoms with van der Waals surface area (Å²) in [5.41, 5.74) is 1.12. The number of carbonyl (C=O) groups is 1. The van der Waals surface area contributed by atoms with E-state index in [0.29, 0.717) is 23.5 Å². The molecule has 0 saturated carbocycles. The van der Waals surface area contributed by atoms with Gasteiger partial charge < -0.3 is 9.64 Å². The second-order valence-corrected chi connectivity index (χ2v) is 8.47. The fourth-order valence-electron chi connectivity index (χ4n) is 3.37. The number of nitrogens with zero attached hydrogens (tertiary/aromatic N) is 4. The fourth-order valence-corrected chi connectivity index (χ4v) is 4.01. The quantitative estimate of drug-likeness (QED) is 0.797. The van der Waals surface area contributed by atoms with E-state index in [1.54, 1.807) is 18.1 Å². The molecule has 6 nitrogen and oxygen atoms in total. The van der Waals surface area contributed by atoms with Crippen LogP contribution in [0.2, 0.25) is 0 Å². The third-order valence-electron chi connectivity index (χ3n) is 4.43. The topological polar surface area (TPSA) is 58.6 Å². The van der Waals surface area contributed by atoms with E-state index in [1.165, 1.54) is 0 Å². The summed E-state index contributed by atoms with van der Waals surface area (Å²) in [6, 6.07) is 0.141. The predicted octanol–water partition coefficient (Wildman–Crippen LogP) is 1.28. The highest BCUT2D eigenvalue weighted by atomic mass is 32.2. The first-order chi connectivity index (χ1) is 11.6. The van der Waals surface area contributed by atoms with Crippen molar-refractivity contribution in [2.24, 2.45) is 5.92 Å². The minimum absolute atomic E-state index is 0.141. The van der Waals surface area contributed by atoms with E-state index in [0.717, 1.165) is 38.3 Å². The van der Waals surface area contributed by atoms with Crippen LogP contribution in [0.4, 0.5) is 0 Å². The summed E-state index contributed by atoms with van der Waals surface area (Å²) in [6.07, 6.45) is 5.29. The summed E-state index contributed by atoms with van der Waals surface area (Å²) in [6.45, 7) is 9.07. The van der Waals surface area contributed by atoms with Gasteiger partial charge in [0.25, 0.3) is 0 Å². The molecule has 7 heteroatoms. The van der Waals surface area contributed by atoms with Crippen LogP contribution < -0.4 is 0 Å².